The molecule has 0 amide bonds. The predicted molar refractivity (Wildman–Crippen MR) is 78.7 cm³/mol. The van der Waals surface area contributed by atoms with E-state index in [2.05, 4.69) is 43.6 Å². The first-order valence-electron chi connectivity index (χ1n) is 7.17. The summed E-state index contributed by atoms with van der Waals surface area (Å²) in [6.07, 6.45) is 6.44. The van der Waals surface area contributed by atoms with Gasteiger partial charge >= 0.3 is 0 Å². The van der Waals surface area contributed by atoms with Gasteiger partial charge < -0.3 is 4.74 Å². The number of ether oxygens (including phenoxy) is 1. The lowest BCUT2D eigenvalue weighted by molar-refractivity contribution is 0.0926. The van der Waals surface area contributed by atoms with E-state index in [9.17, 15) is 0 Å². The molecule has 17 heavy (non-hydrogen) atoms. The van der Waals surface area contributed by atoms with Gasteiger partial charge in [0.15, 0.2) is 0 Å². The monoisotopic (exact) mass is 304 g/mol. The molecule has 2 heteroatoms. The topological polar surface area (TPSA) is 9.23 Å². The molecule has 0 aliphatic heterocycles. The van der Waals surface area contributed by atoms with Crippen molar-refractivity contribution in [3.05, 3.63) is 0 Å². The summed E-state index contributed by atoms with van der Waals surface area (Å²) in [6.45, 7) is 11.2. The van der Waals surface area contributed by atoms with E-state index >= 15 is 0 Å². The van der Waals surface area contributed by atoms with Crippen molar-refractivity contribution in [3.63, 3.8) is 0 Å². The molecule has 0 radical (unpaired) electrons. The van der Waals surface area contributed by atoms with Gasteiger partial charge in [0, 0.05) is 18.0 Å². The molecular weight excluding hydrogens is 276 g/mol. The Morgan fingerprint density at radius 3 is 2.47 bits per heavy atom. The van der Waals surface area contributed by atoms with Crippen LogP contribution >= 0.6 is 15.9 Å². The van der Waals surface area contributed by atoms with Crippen LogP contribution in [0.25, 0.3) is 0 Å². The number of halogens is 1. The van der Waals surface area contributed by atoms with Crippen LogP contribution in [-0.2, 0) is 4.74 Å². The quantitative estimate of drug-likeness (QED) is 0.511. The van der Waals surface area contributed by atoms with Crippen LogP contribution in [0.4, 0.5) is 0 Å². The Labute approximate surface area is 116 Å². The van der Waals surface area contributed by atoms with Crippen molar-refractivity contribution in [3.8, 4) is 0 Å². The van der Waals surface area contributed by atoms with Crippen LogP contribution in [0.2, 0.25) is 0 Å². The van der Waals surface area contributed by atoms with Crippen LogP contribution in [0, 0.1) is 17.3 Å². The first-order valence-corrected chi connectivity index (χ1v) is 8.08. The zero-order valence-electron chi connectivity index (χ0n) is 12.0. The SMILES string of the molecule is CCCOCCC1CC(C(C)(C)C)CCC1Br. The molecule has 0 bridgehead atoms. The largest absolute Gasteiger partial charge is 0.381 e. The van der Waals surface area contributed by atoms with Crippen molar-refractivity contribution in [2.75, 3.05) is 13.2 Å². The number of alkyl halides is 1. The third-order valence-corrected chi connectivity index (χ3v) is 5.30. The van der Waals surface area contributed by atoms with E-state index < -0.39 is 0 Å². The van der Waals surface area contributed by atoms with Crippen LogP contribution in [0.1, 0.15) is 59.8 Å². The summed E-state index contributed by atoms with van der Waals surface area (Å²) in [7, 11) is 0. The predicted octanol–water partition coefficient (Wildman–Crippen LogP) is 5.03. The second-order valence-corrected chi connectivity index (χ2v) is 7.73. The molecular formula is C15H29BrO. The molecule has 3 unspecified atom stereocenters. The summed E-state index contributed by atoms with van der Waals surface area (Å²) in [5.41, 5.74) is 0.468. The van der Waals surface area contributed by atoms with E-state index in [0.29, 0.717) is 10.2 Å². The molecule has 102 valence electrons. The maximum atomic E-state index is 5.63. The van der Waals surface area contributed by atoms with Crippen LogP contribution in [0.3, 0.4) is 0 Å². The molecule has 0 heterocycles. The van der Waals surface area contributed by atoms with Gasteiger partial charge in [0.1, 0.15) is 0 Å². The lowest BCUT2D eigenvalue weighted by Gasteiger charge is -2.40. The van der Waals surface area contributed by atoms with Crippen molar-refractivity contribution in [2.24, 2.45) is 17.3 Å². The standard InChI is InChI=1S/C15H29BrO/c1-5-9-17-10-8-12-11-13(15(2,3)4)6-7-14(12)16/h12-14H,5-11H2,1-4H3. The molecule has 1 rings (SSSR count). The van der Waals surface area contributed by atoms with E-state index in [0.717, 1.165) is 31.5 Å². The fourth-order valence-corrected chi connectivity index (χ4v) is 3.54. The Hall–Kier alpha value is 0.440. The van der Waals surface area contributed by atoms with E-state index in [-0.39, 0.29) is 0 Å². The average Bonchev–Trinajstić information content (AvgIpc) is 2.25. The van der Waals surface area contributed by atoms with Crippen molar-refractivity contribution in [1.82, 2.24) is 0 Å². The fraction of sp³-hybridized carbons (Fsp3) is 1.00. The van der Waals surface area contributed by atoms with E-state index in [4.69, 9.17) is 4.74 Å². The minimum absolute atomic E-state index is 0.468. The molecule has 0 saturated heterocycles. The minimum Gasteiger partial charge on any atom is -0.381 e. The van der Waals surface area contributed by atoms with Crippen LogP contribution in [0.15, 0.2) is 0 Å². The summed E-state index contributed by atoms with van der Waals surface area (Å²) in [6, 6.07) is 0. The molecule has 1 fully saturated rings. The van der Waals surface area contributed by atoms with Gasteiger partial charge in [0.05, 0.1) is 0 Å². The minimum atomic E-state index is 0.468. The van der Waals surface area contributed by atoms with Gasteiger partial charge in [0.25, 0.3) is 0 Å². The van der Waals surface area contributed by atoms with Crippen LogP contribution < -0.4 is 0 Å². The molecule has 0 aromatic rings. The van der Waals surface area contributed by atoms with Crippen molar-refractivity contribution in [1.29, 1.82) is 0 Å². The van der Waals surface area contributed by atoms with Crippen LogP contribution in [0.5, 0.6) is 0 Å². The Balaban J connectivity index is 2.36. The maximum Gasteiger partial charge on any atom is 0.0469 e. The number of rotatable bonds is 5. The highest BCUT2D eigenvalue weighted by molar-refractivity contribution is 9.09. The van der Waals surface area contributed by atoms with Gasteiger partial charge in [-0.05, 0) is 49.4 Å². The lowest BCUT2D eigenvalue weighted by Crippen LogP contribution is -2.32. The lowest BCUT2D eigenvalue weighted by atomic mass is 9.68. The van der Waals surface area contributed by atoms with Crippen molar-refractivity contribution in [2.45, 2.75) is 64.6 Å². The first-order chi connectivity index (χ1) is 7.95. The Morgan fingerprint density at radius 1 is 1.18 bits per heavy atom. The smallest absolute Gasteiger partial charge is 0.0469 e. The van der Waals surface area contributed by atoms with E-state index in [1.54, 1.807) is 0 Å². The second-order valence-electron chi connectivity index (χ2n) is 6.55. The zero-order valence-corrected chi connectivity index (χ0v) is 13.6. The third-order valence-electron chi connectivity index (χ3n) is 4.10. The molecule has 0 N–H and O–H groups in total. The van der Waals surface area contributed by atoms with Gasteiger partial charge in [-0.3, -0.25) is 0 Å². The summed E-state index contributed by atoms with van der Waals surface area (Å²) >= 11 is 3.86. The molecule has 1 aliphatic rings. The van der Waals surface area contributed by atoms with Gasteiger partial charge in [-0.1, -0.05) is 43.6 Å². The number of hydrogen-bond donors (Lipinski definition) is 0. The molecule has 1 nitrogen and oxygen atoms in total. The summed E-state index contributed by atoms with van der Waals surface area (Å²) in [5, 5.41) is 0. The first kappa shape index (κ1) is 15.5. The molecule has 0 aromatic heterocycles. The summed E-state index contributed by atoms with van der Waals surface area (Å²) in [4.78, 5) is 0.714. The Kier molecular flexibility index (Phi) is 6.50. The molecule has 3 atom stereocenters. The normalized spacial score (nSPS) is 30.5. The number of hydrogen-bond acceptors (Lipinski definition) is 1. The van der Waals surface area contributed by atoms with Crippen LogP contribution in [-0.4, -0.2) is 18.0 Å². The third kappa shape index (κ3) is 5.30. The van der Waals surface area contributed by atoms with Gasteiger partial charge in [-0.15, -0.1) is 0 Å². The van der Waals surface area contributed by atoms with Gasteiger partial charge in [-0.2, -0.15) is 0 Å². The molecule has 1 aliphatic carbocycles. The van der Waals surface area contributed by atoms with E-state index in [1.165, 1.54) is 25.7 Å². The second kappa shape index (κ2) is 7.13. The highest BCUT2D eigenvalue weighted by Gasteiger charge is 2.34. The fourth-order valence-electron chi connectivity index (χ4n) is 2.79. The summed E-state index contributed by atoms with van der Waals surface area (Å²) in [5.74, 6) is 1.69. The van der Waals surface area contributed by atoms with E-state index in [1.807, 2.05) is 0 Å². The van der Waals surface area contributed by atoms with Crippen molar-refractivity contribution < 1.29 is 4.74 Å². The zero-order chi connectivity index (χ0) is 12.9. The summed E-state index contributed by atoms with van der Waals surface area (Å²) < 4.78 is 5.63. The molecule has 0 spiro atoms. The Bertz CT molecular complexity index is 209. The highest BCUT2D eigenvalue weighted by atomic mass is 79.9. The highest BCUT2D eigenvalue weighted by Crippen LogP contribution is 2.43. The van der Waals surface area contributed by atoms with Gasteiger partial charge in [-0.25, -0.2) is 0 Å². The van der Waals surface area contributed by atoms with Crippen molar-refractivity contribution >= 4 is 15.9 Å². The Morgan fingerprint density at radius 2 is 1.88 bits per heavy atom. The average molecular weight is 305 g/mol. The molecule has 0 aromatic carbocycles. The molecule has 1 saturated carbocycles. The van der Waals surface area contributed by atoms with Gasteiger partial charge in [0.2, 0.25) is 0 Å². The maximum absolute atomic E-state index is 5.63.